The monoisotopic (exact) mass is 533 g/mol. The van der Waals surface area contributed by atoms with Gasteiger partial charge in [-0.1, -0.05) is 19.1 Å². The van der Waals surface area contributed by atoms with Crippen molar-refractivity contribution in [3.05, 3.63) is 25.3 Å². The van der Waals surface area contributed by atoms with Crippen molar-refractivity contribution in [2.45, 2.75) is 95.7 Å². The van der Waals surface area contributed by atoms with Gasteiger partial charge in [-0.3, -0.25) is 19.2 Å². The molecule has 3 heterocycles. The zero-order valence-corrected chi connectivity index (χ0v) is 23.1. The van der Waals surface area contributed by atoms with E-state index in [9.17, 15) is 24.3 Å². The molecular formula is C28H43N3O7. The van der Waals surface area contributed by atoms with Crippen LogP contribution in [0, 0.1) is 11.8 Å². The molecule has 3 saturated heterocycles. The van der Waals surface area contributed by atoms with Gasteiger partial charge in [-0.25, -0.2) is 0 Å². The fourth-order valence-corrected chi connectivity index (χ4v) is 6.19. The minimum Gasteiger partial charge on any atom is -0.460 e. The lowest BCUT2D eigenvalue weighted by Gasteiger charge is -2.40. The van der Waals surface area contributed by atoms with Crippen LogP contribution in [0.2, 0.25) is 0 Å². The van der Waals surface area contributed by atoms with E-state index in [0.29, 0.717) is 38.6 Å². The third-order valence-electron chi connectivity index (χ3n) is 8.03. The number of aliphatic hydroxyl groups excluding tert-OH is 1. The lowest BCUT2D eigenvalue weighted by Crippen LogP contribution is -2.59. The van der Waals surface area contributed by atoms with E-state index >= 15 is 0 Å². The fraction of sp³-hybridized carbons (Fsp3) is 0.714. The van der Waals surface area contributed by atoms with Gasteiger partial charge in [0.15, 0.2) is 0 Å². The summed E-state index contributed by atoms with van der Waals surface area (Å²) in [7, 11) is 0. The minimum atomic E-state index is -1.17. The highest BCUT2D eigenvalue weighted by atomic mass is 16.6. The van der Waals surface area contributed by atoms with Gasteiger partial charge in [0, 0.05) is 19.0 Å². The average Bonchev–Trinajstić information content (AvgIpc) is 3.52. The Hall–Kier alpha value is -2.72. The van der Waals surface area contributed by atoms with Crippen molar-refractivity contribution < 1.29 is 33.8 Å². The molecule has 0 aliphatic carbocycles. The van der Waals surface area contributed by atoms with Gasteiger partial charge >= 0.3 is 5.97 Å². The quantitative estimate of drug-likeness (QED) is 0.256. The number of fused-ring (bicyclic) bond motifs is 1. The number of likely N-dealkylation sites (tertiary alicyclic amines) is 1. The van der Waals surface area contributed by atoms with Crippen LogP contribution in [0.3, 0.4) is 0 Å². The Labute approximate surface area is 225 Å². The minimum absolute atomic E-state index is 0.143. The van der Waals surface area contributed by atoms with Crippen molar-refractivity contribution in [3.8, 4) is 0 Å². The topological polar surface area (TPSA) is 125 Å². The van der Waals surface area contributed by atoms with E-state index in [1.807, 2.05) is 20.8 Å². The van der Waals surface area contributed by atoms with Crippen LogP contribution in [0.1, 0.15) is 59.8 Å². The summed E-state index contributed by atoms with van der Waals surface area (Å²) in [5.41, 5.74) is -1.17. The predicted octanol–water partition coefficient (Wildman–Crippen LogP) is 1.57. The van der Waals surface area contributed by atoms with Gasteiger partial charge < -0.3 is 29.7 Å². The molecule has 0 radical (unpaired) electrons. The molecule has 1 spiro atoms. The number of esters is 1. The largest absolute Gasteiger partial charge is 0.460 e. The van der Waals surface area contributed by atoms with Gasteiger partial charge in [0.05, 0.1) is 37.1 Å². The number of allylic oxidation sites excluding steroid dienone is 1. The molecule has 2 N–H and O–H groups in total. The van der Waals surface area contributed by atoms with E-state index < -0.39 is 47.7 Å². The van der Waals surface area contributed by atoms with Crippen LogP contribution in [0.4, 0.5) is 0 Å². The summed E-state index contributed by atoms with van der Waals surface area (Å²) in [6.07, 6.45) is 4.43. The first-order chi connectivity index (χ1) is 18.1. The van der Waals surface area contributed by atoms with Gasteiger partial charge in [-0.15, -0.1) is 13.2 Å². The summed E-state index contributed by atoms with van der Waals surface area (Å²) in [5.74, 6) is -3.11. The molecular weight excluding hydrogens is 490 g/mol. The molecule has 3 aliphatic rings. The number of hydrogen-bond donors (Lipinski definition) is 2. The molecule has 0 saturated carbocycles. The molecule has 2 bridgehead atoms. The molecule has 0 aromatic heterocycles. The number of amides is 3. The van der Waals surface area contributed by atoms with E-state index in [2.05, 4.69) is 18.5 Å². The number of aliphatic hydroxyl groups is 1. The normalized spacial score (nSPS) is 29.1. The maximum atomic E-state index is 14.0. The van der Waals surface area contributed by atoms with Crippen molar-refractivity contribution >= 4 is 23.7 Å². The second-order valence-corrected chi connectivity index (χ2v) is 10.8. The number of nitrogens with zero attached hydrogens (tertiary/aromatic N) is 2. The first kappa shape index (κ1) is 29.8. The lowest BCUT2D eigenvalue weighted by molar-refractivity contribution is -0.160. The summed E-state index contributed by atoms with van der Waals surface area (Å²) < 4.78 is 12.1. The van der Waals surface area contributed by atoms with Gasteiger partial charge in [0.1, 0.15) is 17.7 Å². The van der Waals surface area contributed by atoms with E-state index in [4.69, 9.17) is 9.47 Å². The second kappa shape index (κ2) is 12.4. The molecule has 10 nitrogen and oxygen atoms in total. The molecule has 3 aliphatic heterocycles. The third kappa shape index (κ3) is 5.38. The fourth-order valence-electron chi connectivity index (χ4n) is 6.19. The molecule has 0 aromatic carbocycles. The summed E-state index contributed by atoms with van der Waals surface area (Å²) in [6.45, 7) is 14.8. The van der Waals surface area contributed by atoms with Gasteiger partial charge in [-0.05, 0) is 46.5 Å². The predicted molar refractivity (Wildman–Crippen MR) is 141 cm³/mol. The van der Waals surface area contributed by atoms with Crippen LogP contribution < -0.4 is 5.32 Å². The SMILES string of the molecule is C=CCCC(=O)NC[C@@H](C)OC(=O)[C@@H]1[C@H]2C(=O)N([C@@H](CC)CO)[C@H](C(=O)N(CC=C)C(C)C)[C@]23CC[C@H]1O3. The van der Waals surface area contributed by atoms with Crippen molar-refractivity contribution in [3.63, 3.8) is 0 Å². The molecule has 3 amide bonds. The number of hydrogen-bond acceptors (Lipinski definition) is 7. The number of rotatable bonds is 14. The first-order valence-corrected chi connectivity index (χ1v) is 13.7. The van der Waals surface area contributed by atoms with Crippen LogP contribution in [0.15, 0.2) is 25.3 Å². The van der Waals surface area contributed by atoms with Crippen molar-refractivity contribution in [1.29, 1.82) is 0 Å². The Bertz CT molecular complexity index is 933. The molecule has 0 aromatic rings. The molecule has 3 fully saturated rings. The molecule has 212 valence electrons. The van der Waals surface area contributed by atoms with Crippen LogP contribution >= 0.6 is 0 Å². The van der Waals surface area contributed by atoms with Crippen molar-refractivity contribution in [2.24, 2.45) is 11.8 Å². The first-order valence-electron chi connectivity index (χ1n) is 13.7. The molecule has 38 heavy (non-hydrogen) atoms. The Balaban J connectivity index is 1.87. The van der Waals surface area contributed by atoms with E-state index in [1.165, 1.54) is 4.90 Å². The van der Waals surface area contributed by atoms with Crippen molar-refractivity contribution in [2.75, 3.05) is 19.7 Å². The smallest absolute Gasteiger partial charge is 0.312 e. The average molecular weight is 534 g/mol. The Morgan fingerprint density at radius 2 is 2.00 bits per heavy atom. The van der Waals surface area contributed by atoms with Crippen LogP contribution in [-0.2, 0) is 28.7 Å². The van der Waals surface area contributed by atoms with E-state index in [-0.39, 0.29) is 36.9 Å². The maximum absolute atomic E-state index is 14.0. The Morgan fingerprint density at radius 1 is 1.29 bits per heavy atom. The summed E-state index contributed by atoms with van der Waals surface area (Å²) >= 11 is 0. The van der Waals surface area contributed by atoms with Crippen molar-refractivity contribution in [1.82, 2.24) is 15.1 Å². The highest BCUT2D eigenvalue weighted by molar-refractivity contribution is 5.98. The second-order valence-electron chi connectivity index (χ2n) is 10.8. The maximum Gasteiger partial charge on any atom is 0.312 e. The van der Waals surface area contributed by atoms with Crippen LogP contribution in [0.25, 0.3) is 0 Å². The number of ether oxygens (including phenoxy) is 2. The molecule has 3 rings (SSSR count). The standard InChI is InChI=1S/C28H43N3O7/c1-7-10-11-21(33)29-15-18(6)37-27(36)22-20-12-13-28(38-20)23(22)25(34)31(19(9-3)16-32)24(28)26(35)30(14-8-2)17(4)5/h7-8,17-20,22-24,32H,1-2,9-16H2,3-6H3,(H,29,33)/t18-,19+,20-,22+,23+,24-,28+/m1/s1. The molecule has 7 atom stereocenters. The number of carbonyl (C=O) groups excluding carboxylic acids is 4. The summed E-state index contributed by atoms with van der Waals surface area (Å²) in [5, 5.41) is 12.9. The van der Waals surface area contributed by atoms with Gasteiger partial charge in [0.2, 0.25) is 17.7 Å². The van der Waals surface area contributed by atoms with Gasteiger partial charge in [0.25, 0.3) is 0 Å². The highest BCUT2D eigenvalue weighted by Gasteiger charge is 2.75. The van der Waals surface area contributed by atoms with E-state index in [1.54, 1.807) is 24.0 Å². The van der Waals surface area contributed by atoms with Gasteiger partial charge in [-0.2, -0.15) is 0 Å². The molecule has 0 unspecified atom stereocenters. The van der Waals surface area contributed by atoms with E-state index in [0.717, 1.165) is 0 Å². The Kier molecular flexibility index (Phi) is 9.75. The summed E-state index contributed by atoms with van der Waals surface area (Å²) in [4.78, 5) is 56.5. The zero-order chi connectivity index (χ0) is 28.2. The van der Waals surface area contributed by atoms with Crippen LogP contribution in [-0.4, -0.2) is 94.2 Å². The van der Waals surface area contributed by atoms with Crippen LogP contribution in [0.5, 0.6) is 0 Å². The highest BCUT2D eigenvalue weighted by Crippen LogP contribution is 2.59. The third-order valence-corrected chi connectivity index (χ3v) is 8.03. The number of nitrogens with one attached hydrogen (secondary N) is 1. The molecule has 10 heteroatoms. The summed E-state index contributed by atoms with van der Waals surface area (Å²) in [6, 6.07) is -1.69. The number of carbonyl (C=O) groups is 4. The lowest BCUT2D eigenvalue weighted by atomic mass is 9.70. The zero-order valence-electron chi connectivity index (χ0n) is 23.1. The Morgan fingerprint density at radius 3 is 2.58 bits per heavy atom.